The zero-order valence-electron chi connectivity index (χ0n) is 24.7. The van der Waals surface area contributed by atoms with Gasteiger partial charge >= 0.3 is 11.9 Å². The Bertz CT molecular complexity index is 1280. The van der Waals surface area contributed by atoms with Gasteiger partial charge in [0.25, 0.3) is 0 Å². The minimum Gasteiger partial charge on any atom is -0.493 e. The molecule has 2 aliphatic rings. The van der Waals surface area contributed by atoms with E-state index in [0.717, 1.165) is 0 Å². The molecule has 0 spiro atoms. The predicted octanol–water partition coefficient (Wildman–Crippen LogP) is 2.73. The lowest BCUT2D eigenvalue weighted by Gasteiger charge is -2.36. The first-order chi connectivity index (χ1) is 20.2. The molecule has 5 atom stereocenters. The van der Waals surface area contributed by atoms with Crippen molar-refractivity contribution >= 4 is 18.0 Å². The zero-order valence-corrected chi connectivity index (χ0v) is 24.7. The number of likely N-dealkylation sites (N-methyl/N-ethyl adjacent to an activating group) is 1. The van der Waals surface area contributed by atoms with Gasteiger partial charge in [0.1, 0.15) is 18.3 Å². The molecule has 228 valence electrons. The largest absolute Gasteiger partial charge is 0.493 e. The molecular weight excluding hydrogens is 550 g/mol. The van der Waals surface area contributed by atoms with E-state index in [1.54, 1.807) is 18.2 Å². The van der Waals surface area contributed by atoms with Crippen LogP contribution in [-0.4, -0.2) is 102 Å². The Morgan fingerprint density at radius 2 is 1.26 bits per heavy atom. The van der Waals surface area contributed by atoms with Crippen molar-refractivity contribution in [1.29, 1.82) is 0 Å². The quantitative estimate of drug-likeness (QED) is 0.306. The summed E-state index contributed by atoms with van der Waals surface area (Å²) in [4.78, 5) is 27.9. The van der Waals surface area contributed by atoms with Gasteiger partial charge in [0.15, 0.2) is 23.0 Å². The number of fused-ring (bicyclic) bond motifs is 2. The van der Waals surface area contributed by atoms with Crippen LogP contribution in [-0.2, 0) is 14.3 Å². The second-order valence-corrected chi connectivity index (χ2v) is 9.90. The molecule has 0 saturated carbocycles. The Hall–Kier alpha value is -4.16. The molecule has 0 amide bonds. The predicted molar refractivity (Wildman–Crippen MR) is 151 cm³/mol. The second kappa shape index (κ2) is 13.2. The van der Waals surface area contributed by atoms with E-state index in [-0.39, 0.29) is 17.6 Å². The number of hydrogen-bond donors (Lipinski definition) is 1. The summed E-state index contributed by atoms with van der Waals surface area (Å²) in [6.45, 7) is 0. The lowest BCUT2D eigenvalue weighted by Crippen LogP contribution is -2.46. The number of methoxy groups -OCH3 is 6. The van der Waals surface area contributed by atoms with Crippen molar-refractivity contribution in [1.82, 2.24) is 4.90 Å². The van der Waals surface area contributed by atoms with E-state index in [4.69, 9.17) is 37.9 Å². The van der Waals surface area contributed by atoms with Crippen LogP contribution in [0.1, 0.15) is 28.8 Å². The third-order valence-electron chi connectivity index (χ3n) is 7.69. The smallest absolute Gasteiger partial charge is 0.338 e. The van der Waals surface area contributed by atoms with E-state index in [2.05, 4.69) is 0 Å². The normalized spacial score (nSPS) is 23.3. The fraction of sp³-hybridized carbons (Fsp3) is 0.467. The van der Waals surface area contributed by atoms with E-state index < -0.39 is 30.3 Å². The summed E-state index contributed by atoms with van der Waals surface area (Å²) in [5.41, 5.74) is 0.860. The first kappa shape index (κ1) is 30.8. The fourth-order valence-corrected chi connectivity index (χ4v) is 5.60. The second-order valence-electron chi connectivity index (χ2n) is 9.90. The zero-order chi connectivity index (χ0) is 30.6. The Morgan fingerprint density at radius 1 is 0.762 bits per heavy atom. The van der Waals surface area contributed by atoms with Gasteiger partial charge in [-0.05, 0) is 43.0 Å². The Morgan fingerprint density at radius 3 is 1.76 bits per heavy atom. The third-order valence-corrected chi connectivity index (χ3v) is 7.69. The van der Waals surface area contributed by atoms with Gasteiger partial charge in [-0.3, -0.25) is 4.90 Å². The van der Waals surface area contributed by atoms with Crippen LogP contribution in [0.15, 0.2) is 30.3 Å². The van der Waals surface area contributed by atoms with Gasteiger partial charge in [0.2, 0.25) is 11.5 Å². The van der Waals surface area contributed by atoms with Crippen molar-refractivity contribution < 1.29 is 52.6 Å². The van der Waals surface area contributed by atoms with Crippen LogP contribution in [0.4, 0.5) is 0 Å². The highest BCUT2D eigenvalue weighted by atomic mass is 16.6. The van der Waals surface area contributed by atoms with Crippen molar-refractivity contribution in [2.75, 3.05) is 49.7 Å². The van der Waals surface area contributed by atoms with Crippen molar-refractivity contribution in [2.45, 2.75) is 43.2 Å². The molecule has 2 aromatic rings. The summed E-state index contributed by atoms with van der Waals surface area (Å²) in [6, 6.07) is 5.72. The number of nitrogens with zero attached hydrogens (tertiary/aromatic N) is 1. The van der Waals surface area contributed by atoms with Gasteiger partial charge in [-0.2, -0.15) is 0 Å². The molecule has 1 N–H and O–H groups in total. The number of piperidine rings is 1. The van der Waals surface area contributed by atoms with Gasteiger partial charge in [-0.15, -0.1) is 0 Å². The minimum atomic E-state index is -0.955. The average molecular weight is 588 g/mol. The van der Waals surface area contributed by atoms with E-state index in [0.29, 0.717) is 52.9 Å². The molecule has 2 fully saturated rings. The maximum Gasteiger partial charge on any atom is 0.338 e. The molecule has 12 heteroatoms. The molecule has 2 bridgehead atoms. The van der Waals surface area contributed by atoms with E-state index in [1.165, 1.54) is 60.9 Å². The number of benzene rings is 2. The third kappa shape index (κ3) is 6.04. The summed E-state index contributed by atoms with van der Waals surface area (Å²) >= 11 is 0. The molecule has 0 radical (unpaired) electrons. The Balaban J connectivity index is 1.44. The molecular formula is C30H37NO11. The number of hydrogen-bond acceptors (Lipinski definition) is 12. The van der Waals surface area contributed by atoms with Crippen LogP contribution in [0.3, 0.4) is 0 Å². The number of esters is 2. The molecule has 0 aliphatic carbocycles. The lowest BCUT2D eigenvalue weighted by atomic mass is 10.00. The topological polar surface area (TPSA) is 131 Å². The Labute approximate surface area is 244 Å². The SMILES string of the molecule is COc1cc(/C=C/C(=O)O[C@@H]2C3CC(OC(=O)c4cc(OC)c(OC)c(OC)c4)CC([C@@H]2O)N3C)cc(OC)c1OC. The van der Waals surface area contributed by atoms with Gasteiger partial charge in [-0.25, -0.2) is 9.59 Å². The van der Waals surface area contributed by atoms with Gasteiger partial charge in [0, 0.05) is 25.0 Å². The van der Waals surface area contributed by atoms with Crippen LogP contribution in [0, 0.1) is 0 Å². The van der Waals surface area contributed by atoms with Crippen LogP contribution in [0.2, 0.25) is 0 Å². The highest BCUT2D eigenvalue weighted by Crippen LogP contribution is 2.41. The maximum absolute atomic E-state index is 13.1. The highest BCUT2D eigenvalue weighted by molar-refractivity contribution is 5.91. The van der Waals surface area contributed by atoms with Crippen LogP contribution >= 0.6 is 0 Å². The van der Waals surface area contributed by atoms with Crippen LogP contribution < -0.4 is 28.4 Å². The maximum atomic E-state index is 13.1. The van der Waals surface area contributed by atoms with Gasteiger partial charge < -0.3 is 43.0 Å². The summed E-state index contributed by atoms with van der Waals surface area (Å²) in [7, 11) is 10.8. The number of ether oxygens (including phenoxy) is 8. The Kier molecular flexibility index (Phi) is 9.69. The van der Waals surface area contributed by atoms with Crippen LogP contribution in [0.25, 0.3) is 6.08 Å². The van der Waals surface area contributed by atoms with Crippen molar-refractivity contribution in [3.8, 4) is 34.5 Å². The molecule has 2 saturated heterocycles. The average Bonchev–Trinajstić information content (AvgIpc) is 3.12. The van der Waals surface area contributed by atoms with Gasteiger partial charge in [0.05, 0.1) is 54.3 Å². The number of carbonyl (C=O) groups excluding carboxylic acids is 2. The number of aliphatic hydroxyl groups excluding tert-OH is 1. The molecule has 2 aromatic carbocycles. The van der Waals surface area contributed by atoms with E-state index in [1.807, 2.05) is 11.9 Å². The summed E-state index contributed by atoms with van der Waals surface area (Å²) in [5.74, 6) is 1.14. The standard InChI is InChI=1S/C30H37NO11/c1-31-19-14-18(41-30(34)17-12-23(37-4)29(40-7)24(13-17)38-5)15-20(31)27(26(19)33)42-25(32)9-8-16-10-21(35-2)28(39-6)22(11-16)36-3/h8-13,18-20,26-27,33H,14-15H2,1-7H3/b9-8+/t18?,19?,20?,26-,27+/m0/s1. The number of rotatable bonds is 11. The van der Waals surface area contributed by atoms with Crippen LogP contribution in [0.5, 0.6) is 34.5 Å². The molecule has 0 aromatic heterocycles. The monoisotopic (exact) mass is 587 g/mol. The van der Waals surface area contributed by atoms with Crippen molar-refractivity contribution in [2.24, 2.45) is 0 Å². The van der Waals surface area contributed by atoms with Crippen molar-refractivity contribution in [3.63, 3.8) is 0 Å². The number of carbonyl (C=O) groups is 2. The molecule has 2 heterocycles. The fourth-order valence-electron chi connectivity index (χ4n) is 5.60. The molecule has 2 aliphatic heterocycles. The van der Waals surface area contributed by atoms with Gasteiger partial charge in [-0.1, -0.05) is 0 Å². The molecule has 42 heavy (non-hydrogen) atoms. The summed E-state index contributed by atoms with van der Waals surface area (Å²) in [6.07, 6.45) is 1.32. The number of aliphatic hydroxyl groups is 1. The minimum absolute atomic E-state index is 0.233. The highest BCUT2D eigenvalue weighted by Gasteiger charge is 2.53. The van der Waals surface area contributed by atoms with E-state index in [9.17, 15) is 14.7 Å². The van der Waals surface area contributed by atoms with Crippen molar-refractivity contribution in [3.05, 3.63) is 41.5 Å². The van der Waals surface area contributed by atoms with E-state index >= 15 is 0 Å². The molecule has 3 unspecified atom stereocenters. The molecule has 12 nitrogen and oxygen atoms in total. The summed E-state index contributed by atoms with van der Waals surface area (Å²) < 4.78 is 43.6. The molecule has 4 rings (SSSR count). The first-order valence-electron chi connectivity index (χ1n) is 13.3. The lowest BCUT2D eigenvalue weighted by molar-refractivity contribution is -0.148. The first-order valence-corrected chi connectivity index (χ1v) is 13.3. The summed E-state index contributed by atoms with van der Waals surface area (Å²) in [5, 5.41) is 11.0.